The zero-order valence-corrected chi connectivity index (χ0v) is 12.2. The zero-order valence-electron chi connectivity index (χ0n) is 11.3. The summed E-state index contributed by atoms with van der Waals surface area (Å²) in [5, 5.41) is 6.81. The van der Waals surface area contributed by atoms with Gasteiger partial charge in [-0.2, -0.15) is 0 Å². The molecule has 104 valence electrons. The van der Waals surface area contributed by atoms with Gasteiger partial charge < -0.3 is 10.2 Å². The summed E-state index contributed by atoms with van der Waals surface area (Å²) in [5.41, 5.74) is 0.718. The maximum Gasteiger partial charge on any atom is 0.268 e. The lowest BCUT2D eigenvalue weighted by atomic mass is 10.1. The lowest BCUT2D eigenvalue weighted by molar-refractivity contribution is -0.127. The van der Waals surface area contributed by atoms with Gasteiger partial charge in [-0.1, -0.05) is 25.3 Å². The predicted octanol–water partition coefficient (Wildman–Crippen LogP) is 1.01. The van der Waals surface area contributed by atoms with Crippen LogP contribution in [0.5, 0.6) is 0 Å². The number of rotatable bonds is 3. The second-order valence-electron chi connectivity index (χ2n) is 4.86. The molecule has 1 atom stereocenters. The Kier molecular flexibility index (Phi) is 4.14. The number of nitrogens with zero attached hydrogens (tertiary/aromatic N) is 3. The van der Waals surface area contributed by atoms with Gasteiger partial charge in [-0.25, -0.2) is 0 Å². The van der Waals surface area contributed by atoms with E-state index in [2.05, 4.69) is 14.9 Å². The van der Waals surface area contributed by atoms with Crippen molar-refractivity contribution in [2.75, 3.05) is 13.1 Å². The van der Waals surface area contributed by atoms with Crippen LogP contribution < -0.4 is 5.32 Å². The Labute approximate surface area is 116 Å². The Balaban J connectivity index is 2.27. The van der Waals surface area contributed by atoms with E-state index in [1.54, 1.807) is 4.90 Å². The third-order valence-corrected chi connectivity index (χ3v) is 3.96. The molecule has 0 bridgehead atoms. The highest BCUT2D eigenvalue weighted by Crippen LogP contribution is 2.23. The number of amides is 2. The van der Waals surface area contributed by atoms with Crippen molar-refractivity contribution in [1.29, 1.82) is 0 Å². The fourth-order valence-corrected chi connectivity index (χ4v) is 2.99. The van der Waals surface area contributed by atoms with Crippen molar-refractivity contribution in [3.8, 4) is 0 Å². The molecule has 1 aromatic heterocycles. The Hall–Kier alpha value is -1.50. The summed E-state index contributed by atoms with van der Waals surface area (Å²) in [4.78, 5) is 26.6. The number of carbonyl (C=O) groups excluding carboxylic acids is 2. The monoisotopic (exact) mass is 282 g/mol. The minimum atomic E-state index is -0.386. The van der Waals surface area contributed by atoms with Crippen LogP contribution >= 0.6 is 11.5 Å². The summed E-state index contributed by atoms with van der Waals surface area (Å²) in [6.07, 6.45) is 0.612. The highest BCUT2D eigenvalue weighted by atomic mass is 32.1. The first kappa shape index (κ1) is 13.9. The first-order valence-corrected chi connectivity index (χ1v) is 7.24. The smallest absolute Gasteiger partial charge is 0.268 e. The van der Waals surface area contributed by atoms with Gasteiger partial charge in [0.25, 0.3) is 5.91 Å². The Morgan fingerprint density at radius 1 is 1.58 bits per heavy atom. The van der Waals surface area contributed by atoms with Gasteiger partial charge in [0.1, 0.15) is 10.9 Å². The second kappa shape index (κ2) is 5.64. The Morgan fingerprint density at radius 3 is 2.95 bits per heavy atom. The van der Waals surface area contributed by atoms with Crippen molar-refractivity contribution in [2.45, 2.75) is 39.2 Å². The van der Waals surface area contributed by atoms with Crippen LogP contribution in [-0.4, -0.2) is 45.4 Å². The Bertz CT molecular complexity index is 486. The van der Waals surface area contributed by atoms with Crippen molar-refractivity contribution in [1.82, 2.24) is 19.8 Å². The fraction of sp³-hybridized carbons (Fsp3) is 0.667. The van der Waals surface area contributed by atoms with Crippen molar-refractivity contribution >= 4 is 23.3 Å². The lowest BCUT2D eigenvalue weighted by Gasteiger charge is -2.34. The van der Waals surface area contributed by atoms with Gasteiger partial charge in [0, 0.05) is 13.1 Å². The molecule has 1 unspecified atom stereocenters. The van der Waals surface area contributed by atoms with Crippen LogP contribution in [0.25, 0.3) is 0 Å². The highest BCUT2D eigenvalue weighted by Gasteiger charge is 2.34. The summed E-state index contributed by atoms with van der Waals surface area (Å²) < 4.78 is 3.87. The van der Waals surface area contributed by atoms with Gasteiger partial charge in [0.2, 0.25) is 5.91 Å². The van der Waals surface area contributed by atoms with E-state index in [0.717, 1.165) is 17.2 Å². The molecule has 0 radical (unpaired) electrons. The van der Waals surface area contributed by atoms with Crippen molar-refractivity contribution < 1.29 is 9.59 Å². The Morgan fingerprint density at radius 2 is 2.32 bits per heavy atom. The largest absolute Gasteiger partial charge is 0.353 e. The molecular formula is C12H18N4O2S. The standard InChI is InChI=1S/C12H18N4O2S/c1-4-8-11(17)13-5-6-16(8)12(18)10-9(7(2)3)14-15-19-10/h7-8H,4-6H2,1-3H3,(H,13,17). The molecule has 6 nitrogen and oxygen atoms in total. The molecule has 1 aromatic rings. The topological polar surface area (TPSA) is 75.2 Å². The summed E-state index contributed by atoms with van der Waals surface area (Å²) in [6.45, 7) is 6.91. The molecule has 0 aromatic carbocycles. The number of carbonyl (C=O) groups is 2. The molecule has 1 saturated heterocycles. The van der Waals surface area contributed by atoms with Gasteiger partial charge in [0.05, 0.1) is 5.69 Å². The van der Waals surface area contributed by atoms with E-state index in [4.69, 9.17) is 0 Å². The van der Waals surface area contributed by atoms with Gasteiger partial charge >= 0.3 is 0 Å². The molecule has 2 heterocycles. The first-order valence-electron chi connectivity index (χ1n) is 6.47. The zero-order chi connectivity index (χ0) is 14.0. The van der Waals surface area contributed by atoms with Crippen LogP contribution in [0.15, 0.2) is 0 Å². The molecule has 2 rings (SSSR count). The number of hydrogen-bond acceptors (Lipinski definition) is 5. The highest BCUT2D eigenvalue weighted by molar-refractivity contribution is 7.08. The molecule has 0 spiro atoms. The van der Waals surface area contributed by atoms with Crippen LogP contribution in [0.2, 0.25) is 0 Å². The van der Waals surface area contributed by atoms with E-state index < -0.39 is 0 Å². The molecule has 1 aliphatic rings. The number of nitrogens with one attached hydrogen (secondary N) is 1. The van der Waals surface area contributed by atoms with Gasteiger partial charge in [-0.15, -0.1) is 5.10 Å². The average molecular weight is 282 g/mol. The van der Waals surface area contributed by atoms with Crippen LogP contribution in [0.4, 0.5) is 0 Å². The quantitative estimate of drug-likeness (QED) is 0.898. The fourth-order valence-electron chi connectivity index (χ4n) is 2.22. The van der Waals surface area contributed by atoms with Gasteiger partial charge in [0.15, 0.2) is 0 Å². The van der Waals surface area contributed by atoms with Crippen LogP contribution in [0.3, 0.4) is 0 Å². The predicted molar refractivity (Wildman–Crippen MR) is 72.1 cm³/mol. The SMILES string of the molecule is CCC1C(=O)NCCN1C(=O)c1snnc1C(C)C. The van der Waals surface area contributed by atoms with E-state index in [1.807, 2.05) is 20.8 Å². The minimum absolute atomic E-state index is 0.0781. The summed E-state index contributed by atoms with van der Waals surface area (Å²) in [7, 11) is 0. The summed E-state index contributed by atoms with van der Waals surface area (Å²) in [6, 6.07) is -0.386. The van der Waals surface area contributed by atoms with E-state index in [1.165, 1.54) is 0 Å². The lowest BCUT2D eigenvalue weighted by Crippen LogP contribution is -2.56. The second-order valence-corrected chi connectivity index (χ2v) is 5.61. The van der Waals surface area contributed by atoms with E-state index in [0.29, 0.717) is 24.4 Å². The van der Waals surface area contributed by atoms with Crippen molar-refractivity contribution in [3.63, 3.8) is 0 Å². The molecule has 1 N–H and O–H groups in total. The maximum atomic E-state index is 12.6. The van der Waals surface area contributed by atoms with Crippen molar-refractivity contribution in [3.05, 3.63) is 10.6 Å². The number of hydrogen-bond donors (Lipinski definition) is 1. The molecule has 7 heteroatoms. The molecule has 1 fully saturated rings. The molecule has 19 heavy (non-hydrogen) atoms. The minimum Gasteiger partial charge on any atom is -0.353 e. The molecule has 0 aliphatic carbocycles. The molecule has 1 aliphatic heterocycles. The third-order valence-electron chi connectivity index (χ3n) is 3.23. The van der Waals surface area contributed by atoms with Crippen molar-refractivity contribution in [2.24, 2.45) is 0 Å². The molecular weight excluding hydrogens is 264 g/mol. The summed E-state index contributed by atoms with van der Waals surface area (Å²) >= 11 is 1.11. The maximum absolute atomic E-state index is 12.6. The molecule has 2 amide bonds. The van der Waals surface area contributed by atoms with Gasteiger partial charge in [-0.3, -0.25) is 9.59 Å². The van der Waals surface area contributed by atoms with Gasteiger partial charge in [-0.05, 0) is 23.9 Å². The van der Waals surface area contributed by atoms with E-state index >= 15 is 0 Å². The summed E-state index contributed by atoms with van der Waals surface area (Å²) in [5.74, 6) is -0.0533. The van der Waals surface area contributed by atoms with E-state index in [9.17, 15) is 9.59 Å². The molecule has 0 saturated carbocycles. The van der Waals surface area contributed by atoms with Crippen LogP contribution in [0, 0.1) is 0 Å². The number of aromatic nitrogens is 2. The van der Waals surface area contributed by atoms with E-state index in [-0.39, 0.29) is 23.8 Å². The van der Waals surface area contributed by atoms with Crippen LogP contribution in [-0.2, 0) is 4.79 Å². The number of piperazine rings is 1. The third kappa shape index (κ3) is 2.60. The average Bonchev–Trinajstić information content (AvgIpc) is 2.86. The normalized spacial score (nSPS) is 19.7. The first-order chi connectivity index (χ1) is 9.06. The van der Waals surface area contributed by atoms with Crippen LogP contribution in [0.1, 0.15) is 48.5 Å².